The van der Waals surface area contributed by atoms with Gasteiger partial charge in [-0.1, -0.05) is 0 Å². The first-order chi connectivity index (χ1) is 3.80. The largest absolute Gasteiger partial charge is 0.479 e. The second-order valence-corrected chi connectivity index (χ2v) is 1.98. The Kier molecular flexibility index (Phi) is 1.48. The summed E-state index contributed by atoms with van der Waals surface area (Å²) in [5, 5.41) is 0. The van der Waals surface area contributed by atoms with Crippen molar-refractivity contribution in [1.29, 1.82) is 0 Å². The molecule has 2 N–H and O–H groups in total. The van der Waals surface area contributed by atoms with E-state index in [4.69, 9.17) is 10.5 Å². The fourth-order valence-electron chi connectivity index (χ4n) is 0.553. The lowest BCUT2D eigenvalue weighted by Gasteiger charge is -2.20. The molecule has 3 heteroatoms. The van der Waals surface area contributed by atoms with Crippen molar-refractivity contribution < 1.29 is 4.74 Å². The third kappa shape index (κ3) is 0.980. The number of rotatable bonds is 0. The van der Waals surface area contributed by atoms with Gasteiger partial charge in [0, 0.05) is 0 Å². The van der Waals surface area contributed by atoms with Gasteiger partial charge >= 0.3 is 0 Å². The van der Waals surface area contributed by atoms with E-state index in [2.05, 4.69) is 4.99 Å². The SMILES string of the molecule is CC1OC=NCC1N. The highest BCUT2D eigenvalue weighted by molar-refractivity contribution is 5.47. The van der Waals surface area contributed by atoms with Crippen LogP contribution in [0.4, 0.5) is 0 Å². The molecule has 8 heavy (non-hydrogen) atoms. The molecule has 0 radical (unpaired) electrons. The molecule has 0 spiro atoms. The van der Waals surface area contributed by atoms with Crippen molar-refractivity contribution >= 4 is 6.40 Å². The van der Waals surface area contributed by atoms with Crippen LogP contribution in [0.3, 0.4) is 0 Å². The zero-order valence-electron chi connectivity index (χ0n) is 4.87. The molecule has 2 atom stereocenters. The average Bonchev–Trinajstić information content (AvgIpc) is 1.77. The van der Waals surface area contributed by atoms with Gasteiger partial charge in [-0.25, -0.2) is 0 Å². The van der Waals surface area contributed by atoms with Crippen molar-refractivity contribution in [3.8, 4) is 0 Å². The van der Waals surface area contributed by atoms with Crippen molar-refractivity contribution in [2.45, 2.75) is 19.1 Å². The average molecular weight is 114 g/mol. The van der Waals surface area contributed by atoms with Crippen LogP contribution >= 0.6 is 0 Å². The molecule has 0 fully saturated rings. The van der Waals surface area contributed by atoms with Gasteiger partial charge in [0.15, 0.2) is 6.40 Å². The molecular formula is C5H10N2O. The first-order valence-electron chi connectivity index (χ1n) is 2.70. The Morgan fingerprint density at radius 3 is 3.00 bits per heavy atom. The lowest BCUT2D eigenvalue weighted by Crippen LogP contribution is -2.39. The highest BCUT2D eigenvalue weighted by atomic mass is 16.5. The van der Waals surface area contributed by atoms with Gasteiger partial charge in [0.2, 0.25) is 0 Å². The van der Waals surface area contributed by atoms with Gasteiger partial charge in [-0.05, 0) is 6.92 Å². The summed E-state index contributed by atoms with van der Waals surface area (Å²) < 4.78 is 4.97. The summed E-state index contributed by atoms with van der Waals surface area (Å²) in [5.74, 6) is 0. The first-order valence-corrected chi connectivity index (χ1v) is 2.70. The third-order valence-electron chi connectivity index (χ3n) is 1.27. The summed E-state index contributed by atoms with van der Waals surface area (Å²) in [6, 6.07) is 0.0833. The molecule has 0 amide bonds. The molecule has 1 rings (SSSR count). The highest BCUT2D eigenvalue weighted by Crippen LogP contribution is 1.98. The van der Waals surface area contributed by atoms with Crippen LogP contribution < -0.4 is 5.73 Å². The zero-order chi connectivity index (χ0) is 5.98. The van der Waals surface area contributed by atoms with Gasteiger partial charge < -0.3 is 10.5 Å². The minimum Gasteiger partial charge on any atom is -0.479 e. The van der Waals surface area contributed by atoms with E-state index in [9.17, 15) is 0 Å². The smallest absolute Gasteiger partial charge is 0.169 e. The number of aliphatic imine (C=N–C) groups is 1. The maximum absolute atomic E-state index is 5.54. The standard InChI is InChI=1S/C5H10N2O/c1-4-5(6)2-7-3-8-4/h3-5H,2,6H2,1H3. The van der Waals surface area contributed by atoms with Crippen molar-refractivity contribution in [3.63, 3.8) is 0 Å². The second kappa shape index (κ2) is 2.13. The molecule has 1 aliphatic heterocycles. The second-order valence-electron chi connectivity index (χ2n) is 1.98. The van der Waals surface area contributed by atoms with E-state index < -0.39 is 0 Å². The number of ether oxygens (including phenoxy) is 1. The Morgan fingerprint density at radius 1 is 1.88 bits per heavy atom. The predicted molar refractivity (Wildman–Crippen MR) is 31.9 cm³/mol. The van der Waals surface area contributed by atoms with E-state index >= 15 is 0 Å². The van der Waals surface area contributed by atoms with E-state index in [1.807, 2.05) is 6.92 Å². The first kappa shape index (κ1) is 5.56. The molecule has 1 aliphatic rings. The Hall–Kier alpha value is -0.570. The van der Waals surface area contributed by atoms with E-state index in [0.29, 0.717) is 6.54 Å². The van der Waals surface area contributed by atoms with Gasteiger partial charge in [-0.3, -0.25) is 4.99 Å². The summed E-state index contributed by atoms with van der Waals surface area (Å²) in [4.78, 5) is 3.84. The third-order valence-corrected chi connectivity index (χ3v) is 1.27. The predicted octanol–water partition coefficient (Wildman–Crippen LogP) is -0.239. The topological polar surface area (TPSA) is 47.6 Å². The summed E-state index contributed by atoms with van der Waals surface area (Å²) in [7, 11) is 0. The van der Waals surface area contributed by atoms with Crippen molar-refractivity contribution in [1.82, 2.24) is 0 Å². The zero-order valence-corrected chi connectivity index (χ0v) is 4.87. The molecule has 2 unspecified atom stereocenters. The van der Waals surface area contributed by atoms with Gasteiger partial charge in [0.1, 0.15) is 6.10 Å². The Labute approximate surface area is 48.5 Å². The van der Waals surface area contributed by atoms with Crippen LogP contribution in [0.25, 0.3) is 0 Å². The van der Waals surface area contributed by atoms with E-state index in [1.54, 1.807) is 0 Å². The number of hydrogen-bond acceptors (Lipinski definition) is 3. The van der Waals surface area contributed by atoms with E-state index in [0.717, 1.165) is 0 Å². The minimum absolute atomic E-state index is 0.0833. The Balaban J connectivity index is 2.44. The van der Waals surface area contributed by atoms with Gasteiger partial charge in [-0.2, -0.15) is 0 Å². The minimum atomic E-state index is 0.0833. The quantitative estimate of drug-likeness (QED) is 0.472. The molecule has 0 bridgehead atoms. The summed E-state index contributed by atoms with van der Waals surface area (Å²) >= 11 is 0. The van der Waals surface area contributed by atoms with Crippen LogP contribution in [0.1, 0.15) is 6.92 Å². The van der Waals surface area contributed by atoms with Crippen LogP contribution in [0.2, 0.25) is 0 Å². The summed E-state index contributed by atoms with van der Waals surface area (Å²) in [6.45, 7) is 2.64. The lowest BCUT2D eigenvalue weighted by molar-refractivity contribution is 0.175. The van der Waals surface area contributed by atoms with Gasteiger partial charge in [0.25, 0.3) is 0 Å². The van der Waals surface area contributed by atoms with Gasteiger partial charge in [0.05, 0.1) is 12.6 Å². The lowest BCUT2D eigenvalue weighted by atomic mass is 10.2. The van der Waals surface area contributed by atoms with Crippen LogP contribution in [0.15, 0.2) is 4.99 Å². The molecule has 46 valence electrons. The van der Waals surface area contributed by atoms with Crippen LogP contribution in [0, 0.1) is 0 Å². The maximum Gasteiger partial charge on any atom is 0.169 e. The maximum atomic E-state index is 5.54. The van der Waals surface area contributed by atoms with E-state index in [-0.39, 0.29) is 12.1 Å². The van der Waals surface area contributed by atoms with E-state index in [1.165, 1.54) is 6.40 Å². The van der Waals surface area contributed by atoms with Gasteiger partial charge in [-0.15, -0.1) is 0 Å². The molecule has 3 nitrogen and oxygen atoms in total. The van der Waals surface area contributed by atoms with Crippen molar-refractivity contribution in [2.75, 3.05) is 6.54 Å². The van der Waals surface area contributed by atoms with Crippen LogP contribution in [0.5, 0.6) is 0 Å². The van der Waals surface area contributed by atoms with Crippen molar-refractivity contribution in [2.24, 2.45) is 10.7 Å². The molecule has 0 aromatic heterocycles. The fourth-order valence-corrected chi connectivity index (χ4v) is 0.553. The number of hydrogen-bond donors (Lipinski definition) is 1. The van der Waals surface area contributed by atoms with Crippen LogP contribution in [-0.2, 0) is 4.74 Å². The molecule has 0 saturated carbocycles. The number of nitrogens with two attached hydrogens (primary N) is 1. The molecule has 0 saturated heterocycles. The Bertz CT molecular complexity index is 90.6. The summed E-state index contributed by atoms with van der Waals surface area (Å²) in [6.07, 6.45) is 1.60. The molecule has 1 heterocycles. The summed E-state index contributed by atoms with van der Waals surface area (Å²) in [5.41, 5.74) is 5.54. The Morgan fingerprint density at radius 2 is 2.62 bits per heavy atom. The molecule has 0 aromatic rings. The highest BCUT2D eigenvalue weighted by Gasteiger charge is 2.14. The fraction of sp³-hybridized carbons (Fsp3) is 0.800. The monoisotopic (exact) mass is 114 g/mol. The van der Waals surface area contributed by atoms with Crippen LogP contribution in [-0.4, -0.2) is 25.1 Å². The molecule has 0 aromatic carbocycles. The molecular weight excluding hydrogens is 104 g/mol. The van der Waals surface area contributed by atoms with Crippen molar-refractivity contribution in [3.05, 3.63) is 0 Å². The molecule has 0 aliphatic carbocycles. The number of nitrogens with zero attached hydrogens (tertiary/aromatic N) is 1. The normalized spacial score (nSPS) is 36.8.